The van der Waals surface area contributed by atoms with Gasteiger partial charge in [-0.05, 0) is 38.1 Å². The lowest BCUT2D eigenvalue weighted by Gasteiger charge is -2.24. The standard InChI is InChI=1S/C10H21N3S/c1-4-13-7-5-6-9(13)8-11-10(14)12(2)3/h9H,4-8H2,1-3H3,(H,11,14). The summed E-state index contributed by atoms with van der Waals surface area (Å²) >= 11 is 5.18. The molecule has 1 aliphatic heterocycles. The highest BCUT2D eigenvalue weighted by Gasteiger charge is 2.22. The summed E-state index contributed by atoms with van der Waals surface area (Å²) in [5.74, 6) is 0. The van der Waals surface area contributed by atoms with Crippen LogP contribution in [0.4, 0.5) is 0 Å². The zero-order valence-electron chi connectivity index (χ0n) is 9.42. The number of likely N-dealkylation sites (N-methyl/N-ethyl adjacent to an activating group) is 1. The van der Waals surface area contributed by atoms with E-state index in [-0.39, 0.29) is 0 Å². The summed E-state index contributed by atoms with van der Waals surface area (Å²) in [6.45, 7) is 5.62. The predicted molar refractivity (Wildman–Crippen MR) is 64.6 cm³/mol. The van der Waals surface area contributed by atoms with Crippen molar-refractivity contribution >= 4 is 17.3 Å². The van der Waals surface area contributed by atoms with Gasteiger partial charge in [-0.15, -0.1) is 0 Å². The first-order valence-corrected chi connectivity index (χ1v) is 5.75. The average molecular weight is 215 g/mol. The van der Waals surface area contributed by atoms with Gasteiger partial charge in [0.05, 0.1) is 0 Å². The normalized spacial score (nSPS) is 22.4. The van der Waals surface area contributed by atoms with Gasteiger partial charge in [0.15, 0.2) is 5.11 Å². The highest BCUT2D eigenvalue weighted by molar-refractivity contribution is 7.80. The maximum Gasteiger partial charge on any atom is 0.168 e. The minimum atomic E-state index is 0.679. The molecule has 0 aromatic carbocycles. The maximum atomic E-state index is 5.18. The molecule has 0 spiro atoms. The molecule has 82 valence electrons. The van der Waals surface area contributed by atoms with Crippen molar-refractivity contribution in [2.24, 2.45) is 0 Å². The van der Waals surface area contributed by atoms with Crippen molar-refractivity contribution < 1.29 is 0 Å². The zero-order valence-corrected chi connectivity index (χ0v) is 10.2. The van der Waals surface area contributed by atoms with Gasteiger partial charge in [-0.2, -0.15) is 0 Å². The molecule has 0 aromatic heterocycles. The number of nitrogens with zero attached hydrogens (tertiary/aromatic N) is 2. The number of thiocarbonyl (C=S) groups is 1. The smallest absolute Gasteiger partial charge is 0.168 e. The Labute approximate surface area is 92.4 Å². The third-order valence-corrected chi connectivity index (χ3v) is 3.31. The molecule has 0 aromatic rings. The van der Waals surface area contributed by atoms with Crippen molar-refractivity contribution in [2.45, 2.75) is 25.8 Å². The van der Waals surface area contributed by atoms with Gasteiger partial charge in [0.2, 0.25) is 0 Å². The van der Waals surface area contributed by atoms with Gasteiger partial charge in [-0.1, -0.05) is 6.92 Å². The first kappa shape index (κ1) is 11.7. The van der Waals surface area contributed by atoms with Gasteiger partial charge in [-0.3, -0.25) is 4.90 Å². The van der Waals surface area contributed by atoms with Gasteiger partial charge < -0.3 is 10.2 Å². The summed E-state index contributed by atoms with van der Waals surface area (Å²) in [5.41, 5.74) is 0. The van der Waals surface area contributed by atoms with E-state index in [0.29, 0.717) is 6.04 Å². The third kappa shape index (κ3) is 3.10. The van der Waals surface area contributed by atoms with Gasteiger partial charge in [0.1, 0.15) is 0 Å². The molecule has 1 saturated heterocycles. The fraction of sp³-hybridized carbons (Fsp3) is 0.900. The summed E-state index contributed by atoms with van der Waals surface area (Å²) in [6.07, 6.45) is 2.63. The van der Waals surface area contributed by atoms with Crippen molar-refractivity contribution in [3.8, 4) is 0 Å². The fourth-order valence-corrected chi connectivity index (χ4v) is 1.99. The van der Waals surface area contributed by atoms with Crippen LogP contribution < -0.4 is 5.32 Å². The minimum absolute atomic E-state index is 0.679. The van der Waals surface area contributed by atoms with E-state index in [1.807, 2.05) is 19.0 Å². The quantitative estimate of drug-likeness (QED) is 0.705. The van der Waals surface area contributed by atoms with Crippen LogP contribution in [0.3, 0.4) is 0 Å². The second-order valence-corrected chi connectivity index (χ2v) is 4.39. The number of hydrogen-bond acceptors (Lipinski definition) is 2. The van der Waals surface area contributed by atoms with Crippen LogP contribution >= 0.6 is 12.2 Å². The van der Waals surface area contributed by atoms with E-state index in [0.717, 1.165) is 18.2 Å². The lowest BCUT2D eigenvalue weighted by atomic mass is 10.2. The number of nitrogens with one attached hydrogen (secondary N) is 1. The first-order valence-electron chi connectivity index (χ1n) is 5.34. The number of likely N-dealkylation sites (tertiary alicyclic amines) is 1. The van der Waals surface area contributed by atoms with E-state index in [4.69, 9.17) is 12.2 Å². The lowest BCUT2D eigenvalue weighted by molar-refractivity contribution is 0.266. The van der Waals surface area contributed by atoms with E-state index in [2.05, 4.69) is 17.1 Å². The van der Waals surface area contributed by atoms with Crippen LogP contribution in [0.1, 0.15) is 19.8 Å². The van der Waals surface area contributed by atoms with E-state index in [1.54, 1.807) is 0 Å². The second-order valence-electron chi connectivity index (χ2n) is 4.01. The van der Waals surface area contributed by atoms with Gasteiger partial charge in [0, 0.05) is 26.7 Å². The van der Waals surface area contributed by atoms with Crippen molar-refractivity contribution in [1.82, 2.24) is 15.1 Å². The van der Waals surface area contributed by atoms with Crippen LogP contribution in [0.2, 0.25) is 0 Å². The summed E-state index contributed by atoms with van der Waals surface area (Å²) in [7, 11) is 3.95. The number of rotatable bonds is 3. The minimum Gasteiger partial charge on any atom is -0.361 e. The van der Waals surface area contributed by atoms with Crippen molar-refractivity contribution in [3.05, 3.63) is 0 Å². The third-order valence-electron chi connectivity index (χ3n) is 2.80. The van der Waals surface area contributed by atoms with Crippen LogP contribution in [-0.4, -0.2) is 54.7 Å². The molecule has 1 heterocycles. The van der Waals surface area contributed by atoms with E-state index < -0.39 is 0 Å². The number of hydrogen-bond donors (Lipinski definition) is 1. The fourth-order valence-electron chi connectivity index (χ4n) is 1.91. The maximum absolute atomic E-state index is 5.18. The average Bonchev–Trinajstić information content (AvgIpc) is 2.60. The van der Waals surface area contributed by atoms with Crippen molar-refractivity contribution in [2.75, 3.05) is 33.7 Å². The molecular weight excluding hydrogens is 194 g/mol. The topological polar surface area (TPSA) is 18.5 Å². The molecule has 1 unspecified atom stereocenters. The molecule has 1 aliphatic rings. The predicted octanol–water partition coefficient (Wildman–Crippen LogP) is 0.907. The molecule has 0 aliphatic carbocycles. The highest BCUT2D eigenvalue weighted by atomic mass is 32.1. The Balaban J connectivity index is 2.27. The molecule has 4 heteroatoms. The molecule has 14 heavy (non-hydrogen) atoms. The molecule has 1 atom stereocenters. The molecule has 0 bridgehead atoms. The van der Waals surface area contributed by atoms with E-state index in [1.165, 1.54) is 19.4 Å². The summed E-state index contributed by atoms with van der Waals surface area (Å²) in [4.78, 5) is 4.46. The zero-order chi connectivity index (χ0) is 10.6. The van der Waals surface area contributed by atoms with Crippen molar-refractivity contribution in [1.29, 1.82) is 0 Å². The van der Waals surface area contributed by atoms with Crippen LogP contribution in [0.25, 0.3) is 0 Å². The van der Waals surface area contributed by atoms with Gasteiger partial charge in [0.25, 0.3) is 0 Å². The first-order chi connectivity index (χ1) is 6.65. The molecule has 1 fully saturated rings. The van der Waals surface area contributed by atoms with Gasteiger partial charge >= 0.3 is 0 Å². The van der Waals surface area contributed by atoms with Crippen LogP contribution in [0.15, 0.2) is 0 Å². The summed E-state index contributed by atoms with van der Waals surface area (Å²) in [5, 5.41) is 4.14. The highest BCUT2D eigenvalue weighted by Crippen LogP contribution is 2.15. The molecule has 0 saturated carbocycles. The summed E-state index contributed by atoms with van der Waals surface area (Å²) in [6, 6.07) is 0.679. The van der Waals surface area contributed by atoms with E-state index >= 15 is 0 Å². The van der Waals surface area contributed by atoms with Crippen LogP contribution in [-0.2, 0) is 0 Å². The SMILES string of the molecule is CCN1CCCC1CNC(=S)N(C)C. The Morgan fingerprint density at radius 1 is 1.57 bits per heavy atom. The lowest BCUT2D eigenvalue weighted by Crippen LogP contribution is -2.43. The monoisotopic (exact) mass is 215 g/mol. The van der Waals surface area contributed by atoms with E-state index in [9.17, 15) is 0 Å². The van der Waals surface area contributed by atoms with Gasteiger partial charge in [-0.25, -0.2) is 0 Å². The Kier molecular flexibility index (Phi) is 4.62. The Bertz CT molecular complexity index is 194. The van der Waals surface area contributed by atoms with Crippen molar-refractivity contribution in [3.63, 3.8) is 0 Å². The van der Waals surface area contributed by atoms with Crippen LogP contribution in [0, 0.1) is 0 Å². The second kappa shape index (κ2) is 5.51. The Morgan fingerprint density at radius 2 is 2.29 bits per heavy atom. The Morgan fingerprint density at radius 3 is 2.86 bits per heavy atom. The molecule has 0 radical (unpaired) electrons. The summed E-state index contributed by atoms with van der Waals surface area (Å²) < 4.78 is 0. The Hall–Kier alpha value is -0.350. The molecule has 1 N–H and O–H groups in total. The molecule has 0 amide bonds. The molecular formula is C10H21N3S. The molecule has 1 rings (SSSR count). The largest absolute Gasteiger partial charge is 0.361 e. The van der Waals surface area contributed by atoms with Crippen LogP contribution in [0.5, 0.6) is 0 Å². The molecule has 3 nitrogen and oxygen atoms in total.